The van der Waals surface area contributed by atoms with Gasteiger partial charge in [0.1, 0.15) is 5.82 Å². The number of nitrogens with zero attached hydrogens (tertiary/aromatic N) is 4. The van der Waals surface area contributed by atoms with Gasteiger partial charge >= 0.3 is 12.1 Å². The van der Waals surface area contributed by atoms with Crippen LogP contribution >= 0.6 is 0 Å². The zero-order chi connectivity index (χ0) is 24.3. The number of fused-ring (bicyclic) bond motifs is 1. The van der Waals surface area contributed by atoms with Gasteiger partial charge in [0.25, 0.3) is 0 Å². The third kappa shape index (κ3) is 5.06. The van der Waals surface area contributed by atoms with E-state index < -0.39 is 12.1 Å². The van der Waals surface area contributed by atoms with Gasteiger partial charge in [-0.2, -0.15) is 18.2 Å². The highest BCUT2D eigenvalue weighted by molar-refractivity contribution is 5.75. The van der Waals surface area contributed by atoms with E-state index in [1.54, 1.807) is 6.33 Å². The maximum Gasteiger partial charge on any atom is 0.490 e. The van der Waals surface area contributed by atoms with Crippen LogP contribution in [0.1, 0.15) is 17.3 Å². The monoisotopic (exact) mass is 477 g/mol. The van der Waals surface area contributed by atoms with Gasteiger partial charge in [0.2, 0.25) is 5.89 Å². The number of benzene rings is 2. The van der Waals surface area contributed by atoms with E-state index in [9.17, 15) is 17.6 Å². The van der Waals surface area contributed by atoms with Crippen molar-refractivity contribution in [1.29, 1.82) is 0 Å². The summed E-state index contributed by atoms with van der Waals surface area (Å²) in [6, 6.07) is 14.6. The summed E-state index contributed by atoms with van der Waals surface area (Å²) in [6.07, 6.45) is -2.67. The Morgan fingerprint density at radius 1 is 1.15 bits per heavy atom. The quantitative estimate of drug-likeness (QED) is 0.425. The lowest BCUT2D eigenvalue weighted by molar-refractivity contribution is -0.192. The van der Waals surface area contributed by atoms with Crippen molar-refractivity contribution in [3.8, 4) is 0 Å². The number of aliphatic carboxylic acids is 1. The van der Waals surface area contributed by atoms with Crippen LogP contribution in [0.15, 0.2) is 59.4 Å². The van der Waals surface area contributed by atoms with Gasteiger partial charge in [-0.15, -0.1) is 0 Å². The molecule has 0 atom stereocenters. The Labute approximate surface area is 190 Å². The minimum absolute atomic E-state index is 0.126. The second-order valence-electron chi connectivity index (χ2n) is 7.84. The number of hydrogen-bond acceptors (Lipinski definition) is 6. The molecule has 0 bridgehead atoms. The predicted molar refractivity (Wildman–Crippen MR) is 111 cm³/mol. The Hall–Kier alpha value is -3.80. The van der Waals surface area contributed by atoms with Crippen LogP contribution in [0.25, 0.3) is 11.0 Å². The van der Waals surface area contributed by atoms with Crippen molar-refractivity contribution in [3.63, 3.8) is 0 Å². The molecule has 34 heavy (non-hydrogen) atoms. The zero-order valence-electron chi connectivity index (χ0n) is 17.6. The second kappa shape index (κ2) is 9.21. The maximum absolute atomic E-state index is 13.3. The van der Waals surface area contributed by atoms with Gasteiger partial charge in [0.15, 0.2) is 5.82 Å². The Balaban J connectivity index is 0.000000344. The fraction of sp³-hybridized carbons (Fsp3) is 0.273. The van der Waals surface area contributed by atoms with E-state index in [4.69, 9.17) is 14.4 Å². The van der Waals surface area contributed by atoms with Crippen molar-refractivity contribution in [2.45, 2.75) is 24.6 Å². The van der Waals surface area contributed by atoms with Crippen LogP contribution in [0.2, 0.25) is 0 Å². The molecular formula is C22H19F4N5O3. The molecule has 2 N–H and O–H groups in total. The van der Waals surface area contributed by atoms with Gasteiger partial charge in [-0.1, -0.05) is 29.4 Å². The first-order valence-electron chi connectivity index (χ1n) is 10.1. The Morgan fingerprint density at radius 2 is 1.82 bits per heavy atom. The number of halogens is 4. The molecule has 0 spiro atoms. The summed E-state index contributed by atoms with van der Waals surface area (Å²) >= 11 is 0. The van der Waals surface area contributed by atoms with Crippen molar-refractivity contribution < 1.29 is 32.0 Å². The first-order valence-corrected chi connectivity index (χ1v) is 10.1. The summed E-state index contributed by atoms with van der Waals surface area (Å²) < 4.78 is 52.5. The van der Waals surface area contributed by atoms with E-state index >= 15 is 0 Å². The number of nitrogens with one attached hydrogen (secondary N) is 1. The second-order valence-corrected chi connectivity index (χ2v) is 7.84. The van der Waals surface area contributed by atoms with E-state index in [0.717, 1.165) is 29.7 Å². The number of carboxylic acid groups (broad SMARTS) is 1. The molecule has 8 nitrogen and oxygen atoms in total. The SMILES string of the molecule is Fc1ccc(C2(Cc3nc(Cn4cnc5ccccc54)no3)CNC2)cc1.O=C(O)C(F)(F)F. The average molecular weight is 477 g/mol. The van der Waals surface area contributed by atoms with Crippen LogP contribution in [0, 0.1) is 5.82 Å². The lowest BCUT2D eigenvalue weighted by Gasteiger charge is -2.42. The fourth-order valence-corrected chi connectivity index (χ4v) is 3.67. The molecule has 178 valence electrons. The smallest absolute Gasteiger partial charge is 0.475 e. The minimum atomic E-state index is -5.08. The first-order chi connectivity index (χ1) is 16.2. The summed E-state index contributed by atoms with van der Waals surface area (Å²) in [6.45, 7) is 2.12. The summed E-state index contributed by atoms with van der Waals surface area (Å²) in [5.74, 6) is -1.77. The molecule has 4 aromatic rings. The fourth-order valence-electron chi connectivity index (χ4n) is 3.67. The van der Waals surface area contributed by atoms with E-state index in [1.807, 2.05) is 41.0 Å². The molecular weight excluding hydrogens is 458 g/mol. The van der Waals surface area contributed by atoms with Gasteiger partial charge in [-0.3, -0.25) is 0 Å². The standard InChI is InChI=1S/C20H18FN5O.C2HF3O2/c21-15-7-5-14(6-8-15)20(11-22-12-20)9-19-24-18(25-27-19)10-26-13-23-16-3-1-2-4-17(16)26;3-2(4,5)1(6)7/h1-8,13,22H,9-12H2;(H,6,7). The molecule has 2 aromatic heterocycles. The number of para-hydroxylation sites is 2. The maximum atomic E-state index is 13.3. The van der Waals surface area contributed by atoms with E-state index in [0.29, 0.717) is 24.7 Å². The molecule has 0 radical (unpaired) electrons. The summed E-state index contributed by atoms with van der Waals surface area (Å²) in [7, 11) is 0. The van der Waals surface area contributed by atoms with Crippen molar-refractivity contribution in [2.75, 3.05) is 13.1 Å². The first kappa shape index (κ1) is 23.4. The van der Waals surface area contributed by atoms with Crippen molar-refractivity contribution in [2.24, 2.45) is 0 Å². The summed E-state index contributed by atoms with van der Waals surface area (Å²) in [5, 5.41) is 14.6. The molecule has 5 rings (SSSR count). The van der Waals surface area contributed by atoms with Crippen LogP contribution in [-0.2, 0) is 23.2 Å². The molecule has 2 aromatic carbocycles. The lowest BCUT2D eigenvalue weighted by atomic mass is 9.72. The molecule has 1 aliphatic rings. The Bertz CT molecular complexity index is 1280. The molecule has 1 aliphatic heterocycles. The summed E-state index contributed by atoms with van der Waals surface area (Å²) in [5.41, 5.74) is 2.94. The zero-order valence-corrected chi connectivity index (χ0v) is 17.6. The van der Waals surface area contributed by atoms with Gasteiger partial charge in [-0.25, -0.2) is 14.2 Å². The summed E-state index contributed by atoms with van der Waals surface area (Å²) in [4.78, 5) is 17.9. The van der Waals surface area contributed by atoms with E-state index in [2.05, 4.69) is 20.4 Å². The Morgan fingerprint density at radius 3 is 2.44 bits per heavy atom. The number of imidazole rings is 1. The lowest BCUT2D eigenvalue weighted by Crippen LogP contribution is -2.58. The number of rotatable bonds is 5. The van der Waals surface area contributed by atoms with Gasteiger partial charge in [0.05, 0.1) is 23.9 Å². The molecule has 0 saturated carbocycles. The van der Waals surface area contributed by atoms with Crippen LogP contribution in [0.3, 0.4) is 0 Å². The normalized spacial score (nSPS) is 14.8. The number of carbonyl (C=O) groups is 1. The highest BCUT2D eigenvalue weighted by Crippen LogP contribution is 2.32. The molecule has 12 heteroatoms. The average Bonchev–Trinajstić information content (AvgIpc) is 3.38. The number of carboxylic acids is 1. The van der Waals surface area contributed by atoms with Crippen molar-refractivity contribution >= 4 is 17.0 Å². The van der Waals surface area contributed by atoms with Crippen LogP contribution < -0.4 is 5.32 Å². The van der Waals surface area contributed by atoms with Crippen LogP contribution in [-0.4, -0.2) is 50.0 Å². The van der Waals surface area contributed by atoms with Crippen LogP contribution in [0.5, 0.6) is 0 Å². The molecule has 3 heterocycles. The number of hydrogen-bond donors (Lipinski definition) is 2. The third-order valence-electron chi connectivity index (χ3n) is 5.46. The molecule has 0 unspecified atom stereocenters. The van der Waals surface area contributed by atoms with E-state index in [1.165, 1.54) is 12.1 Å². The van der Waals surface area contributed by atoms with E-state index in [-0.39, 0.29) is 11.2 Å². The highest BCUT2D eigenvalue weighted by Gasteiger charge is 2.40. The van der Waals surface area contributed by atoms with Crippen molar-refractivity contribution in [3.05, 3.63) is 78.0 Å². The van der Waals surface area contributed by atoms with Gasteiger partial charge in [0, 0.05) is 24.9 Å². The minimum Gasteiger partial charge on any atom is -0.475 e. The molecule has 0 aliphatic carbocycles. The molecule has 1 fully saturated rings. The highest BCUT2D eigenvalue weighted by atomic mass is 19.4. The topological polar surface area (TPSA) is 106 Å². The Kier molecular flexibility index (Phi) is 6.33. The number of aromatic nitrogens is 4. The number of alkyl halides is 3. The molecule has 0 amide bonds. The van der Waals surface area contributed by atoms with Crippen LogP contribution in [0.4, 0.5) is 17.6 Å². The molecule has 1 saturated heterocycles. The largest absolute Gasteiger partial charge is 0.490 e. The van der Waals surface area contributed by atoms with Crippen molar-refractivity contribution in [1.82, 2.24) is 25.0 Å². The predicted octanol–water partition coefficient (Wildman–Crippen LogP) is 3.32. The third-order valence-corrected chi connectivity index (χ3v) is 5.46. The van der Waals surface area contributed by atoms with Gasteiger partial charge in [-0.05, 0) is 29.8 Å². The van der Waals surface area contributed by atoms with Gasteiger partial charge < -0.3 is 19.5 Å².